The van der Waals surface area contributed by atoms with Crippen LogP contribution in [0.2, 0.25) is 0 Å². The Morgan fingerprint density at radius 3 is 2.18 bits per heavy atom. The second-order valence-corrected chi connectivity index (χ2v) is 4.17. The standard InChI is InChI=1S/C10H19N3O4/c1-5(2)8(12)9(15)13-6(10(16)17)3-4-7(11)14/h5-6,8H,3-4,12H2,1-2H3,(H2,11,14)(H,13,15)(H,16,17)/t6-,8+/m1/s1. The molecule has 0 aromatic carbocycles. The fourth-order valence-corrected chi connectivity index (χ4v) is 1.11. The molecule has 0 aliphatic rings. The number of hydrogen-bond acceptors (Lipinski definition) is 4. The fourth-order valence-electron chi connectivity index (χ4n) is 1.11. The summed E-state index contributed by atoms with van der Waals surface area (Å²) in [5.41, 5.74) is 10.5. The summed E-state index contributed by atoms with van der Waals surface area (Å²) in [7, 11) is 0. The van der Waals surface area contributed by atoms with Crippen LogP contribution in [0.3, 0.4) is 0 Å². The largest absolute Gasteiger partial charge is 0.480 e. The highest BCUT2D eigenvalue weighted by molar-refractivity contribution is 5.87. The van der Waals surface area contributed by atoms with Gasteiger partial charge in [0.25, 0.3) is 0 Å². The summed E-state index contributed by atoms with van der Waals surface area (Å²) >= 11 is 0. The van der Waals surface area contributed by atoms with Gasteiger partial charge >= 0.3 is 5.97 Å². The van der Waals surface area contributed by atoms with Crippen molar-refractivity contribution in [3.63, 3.8) is 0 Å². The lowest BCUT2D eigenvalue weighted by atomic mass is 10.0. The molecule has 0 aromatic rings. The number of rotatable bonds is 7. The van der Waals surface area contributed by atoms with Crippen LogP contribution in [0.25, 0.3) is 0 Å². The number of carboxylic acids is 1. The molecule has 6 N–H and O–H groups in total. The zero-order valence-corrected chi connectivity index (χ0v) is 9.97. The van der Waals surface area contributed by atoms with Gasteiger partial charge in [0.2, 0.25) is 11.8 Å². The molecule has 17 heavy (non-hydrogen) atoms. The third-order valence-corrected chi connectivity index (χ3v) is 2.31. The van der Waals surface area contributed by atoms with Crippen LogP contribution in [-0.4, -0.2) is 35.0 Å². The number of carbonyl (C=O) groups excluding carboxylic acids is 2. The van der Waals surface area contributed by atoms with E-state index in [2.05, 4.69) is 5.32 Å². The van der Waals surface area contributed by atoms with E-state index in [4.69, 9.17) is 16.6 Å². The van der Waals surface area contributed by atoms with Gasteiger partial charge < -0.3 is 21.9 Å². The topological polar surface area (TPSA) is 136 Å². The van der Waals surface area contributed by atoms with Gasteiger partial charge in [0.05, 0.1) is 6.04 Å². The van der Waals surface area contributed by atoms with Crippen molar-refractivity contribution >= 4 is 17.8 Å². The van der Waals surface area contributed by atoms with Gasteiger partial charge in [0.1, 0.15) is 6.04 Å². The smallest absolute Gasteiger partial charge is 0.326 e. The first-order valence-corrected chi connectivity index (χ1v) is 5.32. The van der Waals surface area contributed by atoms with Crippen LogP contribution < -0.4 is 16.8 Å². The van der Waals surface area contributed by atoms with Crippen molar-refractivity contribution in [2.75, 3.05) is 0 Å². The molecule has 2 amide bonds. The molecule has 0 saturated heterocycles. The zero-order valence-electron chi connectivity index (χ0n) is 9.97. The van der Waals surface area contributed by atoms with Crippen LogP contribution in [-0.2, 0) is 14.4 Å². The van der Waals surface area contributed by atoms with Crippen molar-refractivity contribution in [1.29, 1.82) is 0 Å². The predicted molar refractivity (Wildman–Crippen MR) is 60.8 cm³/mol. The van der Waals surface area contributed by atoms with Crippen LogP contribution in [0.15, 0.2) is 0 Å². The lowest BCUT2D eigenvalue weighted by Gasteiger charge is -2.19. The van der Waals surface area contributed by atoms with Crippen LogP contribution >= 0.6 is 0 Å². The highest BCUT2D eigenvalue weighted by Gasteiger charge is 2.24. The first-order chi connectivity index (χ1) is 7.75. The highest BCUT2D eigenvalue weighted by Crippen LogP contribution is 2.02. The van der Waals surface area contributed by atoms with E-state index in [1.165, 1.54) is 0 Å². The average Bonchev–Trinajstić information content (AvgIpc) is 2.21. The number of primary amides is 1. The number of hydrogen-bond donors (Lipinski definition) is 4. The normalized spacial score (nSPS) is 14.1. The van der Waals surface area contributed by atoms with Gasteiger partial charge in [-0.25, -0.2) is 4.79 Å². The van der Waals surface area contributed by atoms with Gasteiger partial charge in [0, 0.05) is 6.42 Å². The van der Waals surface area contributed by atoms with Gasteiger partial charge in [-0.05, 0) is 12.3 Å². The maximum Gasteiger partial charge on any atom is 0.326 e. The first kappa shape index (κ1) is 15.4. The van der Waals surface area contributed by atoms with E-state index in [1.807, 2.05) is 0 Å². The number of amides is 2. The number of carboxylic acid groups (broad SMARTS) is 1. The van der Waals surface area contributed by atoms with E-state index in [0.717, 1.165) is 0 Å². The first-order valence-electron chi connectivity index (χ1n) is 5.32. The molecule has 2 atom stereocenters. The van der Waals surface area contributed by atoms with E-state index >= 15 is 0 Å². The zero-order chi connectivity index (χ0) is 13.6. The molecule has 0 rings (SSSR count). The van der Waals surface area contributed by atoms with E-state index < -0.39 is 29.9 Å². The maximum atomic E-state index is 11.5. The fraction of sp³-hybridized carbons (Fsp3) is 0.700. The second kappa shape index (κ2) is 6.85. The van der Waals surface area contributed by atoms with E-state index in [9.17, 15) is 14.4 Å². The lowest BCUT2D eigenvalue weighted by Crippen LogP contribution is -2.50. The highest BCUT2D eigenvalue weighted by atomic mass is 16.4. The summed E-state index contributed by atoms with van der Waals surface area (Å²) in [5, 5.41) is 11.1. The average molecular weight is 245 g/mol. The third-order valence-electron chi connectivity index (χ3n) is 2.31. The number of aliphatic carboxylic acids is 1. The third kappa shape index (κ3) is 5.86. The van der Waals surface area contributed by atoms with Crippen LogP contribution in [0, 0.1) is 5.92 Å². The van der Waals surface area contributed by atoms with Crippen molar-refractivity contribution in [1.82, 2.24) is 5.32 Å². The number of nitrogens with two attached hydrogens (primary N) is 2. The van der Waals surface area contributed by atoms with E-state index in [1.54, 1.807) is 13.8 Å². The molecule has 0 aliphatic carbocycles. The molecule has 0 unspecified atom stereocenters. The molecule has 0 aromatic heterocycles. The predicted octanol–water partition coefficient (Wildman–Crippen LogP) is -1.20. The van der Waals surface area contributed by atoms with Crippen molar-refractivity contribution in [2.45, 2.75) is 38.8 Å². The van der Waals surface area contributed by atoms with Gasteiger partial charge in [-0.15, -0.1) is 0 Å². The van der Waals surface area contributed by atoms with E-state index in [0.29, 0.717) is 0 Å². The SMILES string of the molecule is CC(C)[C@H](N)C(=O)N[C@H](CCC(N)=O)C(=O)O. The minimum absolute atomic E-state index is 0.0405. The molecule has 0 aliphatic heterocycles. The van der Waals surface area contributed by atoms with Gasteiger partial charge in [-0.1, -0.05) is 13.8 Å². The summed E-state index contributed by atoms with van der Waals surface area (Å²) < 4.78 is 0. The van der Waals surface area contributed by atoms with Gasteiger partial charge in [-0.3, -0.25) is 9.59 Å². The van der Waals surface area contributed by atoms with Crippen molar-refractivity contribution < 1.29 is 19.5 Å². The van der Waals surface area contributed by atoms with Gasteiger partial charge in [-0.2, -0.15) is 0 Å². The minimum Gasteiger partial charge on any atom is -0.480 e. The molecule has 0 saturated carbocycles. The van der Waals surface area contributed by atoms with Crippen LogP contribution in [0.5, 0.6) is 0 Å². The second-order valence-electron chi connectivity index (χ2n) is 4.17. The Hall–Kier alpha value is -1.63. The van der Waals surface area contributed by atoms with Crippen LogP contribution in [0.1, 0.15) is 26.7 Å². The summed E-state index contributed by atoms with van der Waals surface area (Å²) in [6, 6.07) is -1.91. The van der Waals surface area contributed by atoms with Gasteiger partial charge in [0.15, 0.2) is 0 Å². The Balaban J connectivity index is 4.39. The Morgan fingerprint density at radius 1 is 1.29 bits per heavy atom. The molecular weight excluding hydrogens is 226 g/mol. The molecule has 7 nitrogen and oxygen atoms in total. The van der Waals surface area contributed by atoms with Crippen molar-refractivity contribution in [2.24, 2.45) is 17.4 Å². The Kier molecular flexibility index (Phi) is 6.19. The monoisotopic (exact) mass is 245 g/mol. The molecular formula is C10H19N3O4. The molecule has 0 fully saturated rings. The molecule has 0 bridgehead atoms. The molecule has 0 radical (unpaired) electrons. The maximum absolute atomic E-state index is 11.5. The Labute approximate surface area is 99.5 Å². The lowest BCUT2D eigenvalue weighted by molar-refractivity contribution is -0.142. The summed E-state index contributed by atoms with van der Waals surface area (Å²) in [6.07, 6.45) is -0.143. The molecule has 7 heteroatoms. The summed E-state index contributed by atoms with van der Waals surface area (Å²) in [5.74, 6) is -2.47. The number of carbonyl (C=O) groups is 3. The minimum atomic E-state index is -1.21. The molecule has 0 spiro atoms. The quantitative estimate of drug-likeness (QED) is 0.447. The Bertz CT molecular complexity index is 304. The van der Waals surface area contributed by atoms with Crippen molar-refractivity contribution in [3.8, 4) is 0 Å². The van der Waals surface area contributed by atoms with Crippen LogP contribution in [0.4, 0.5) is 0 Å². The number of nitrogens with one attached hydrogen (secondary N) is 1. The summed E-state index contributed by atoms with van der Waals surface area (Å²) in [4.78, 5) is 32.9. The van der Waals surface area contributed by atoms with Crippen molar-refractivity contribution in [3.05, 3.63) is 0 Å². The van der Waals surface area contributed by atoms with E-state index in [-0.39, 0.29) is 18.8 Å². The molecule has 98 valence electrons. The molecule has 0 heterocycles. The Morgan fingerprint density at radius 2 is 1.82 bits per heavy atom. The summed E-state index contributed by atoms with van der Waals surface area (Å²) in [6.45, 7) is 3.51.